The van der Waals surface area contributed by atoms with E-state index in [1.165, 1.54) is 0 Å². The molecule has 0 aromatic carbocycles. The van der Waals surface area contributed by atoms with Crippen molar-refractivity contribution >= 4 is 0 Å². The minimum absolute atomic E-state index is 0.168. The molecule has 13 heavy (non-hydrogen) atoms. The van der Waals surface area contributed by atoms with E-state index in [4.69, 9.17) is 10.2 Å². The molecule has 1 rings (SSSR count). The van der Waals surface area contributed by atoms with Gasteiger partial charge in [0.05, 0.1) is 11.9 Å². The van der Waals surface area contributed by atoms with Crippen molar-refractivity contribution in [2.75, 3.05) is 13.2 Å². The molecular formula is C6H9F2N3O2. The fourth-order valence-corrected chi connectivity index (χ4v) is 0.760. The highest BCUT2D eigenvalue weighted by Crippen LogP contribution is 2.17. The Hall–Kier alpha value is -1.08. The van der Waals surface area contributed by atoms with Gasteiger partial charge in [-0.3, -0.25) is 0 Å². The second kappa shape index (κ2) is 3.75. The summed E-state index contributed by atoms with van der Waals surface area (Å²) in [6, 6.07) is -3.43. The Bertz CT molecular complexity index is 277. The lowest BCUT2D eigenvalue weighted by molar-refractivity contribution is -0.131. The Balaban J connectivity index is 2.79. The molecule has 2 N–H and O–H groups in total. The van der Waals surface area contributed by atoms with Crippen molar-refractivity contribution in [3.63, 3.8) is 0 Å². The average molecular weight is 193 g/mol. The first-order chi connectivity index (χ1) is 6.10. The van der Waals surface area contributed by atoms with E-state index in [2.05, 4.69) is 10.3 Å². The zero-order valence-electron chi connectivity index (χ0n) is 6.69. The summed E-state index contributed by atoms with van der Waals surface area (Å²) >= 11 is 0. The molecule has 0 unspecified atom stereocenters. The third-order valence-electron chi connectivity index (χ3n) is 1.43. The number of nitrogens with zero attached hydrogens (tertiary/aromatic N) is 3. The van der Waals surface area contributed by atoms with Gasteiger partial charge in [0.25, 0.3) is 0 Å². The molecule has 0 fully saturated rings. The maximum absolute atomic E-state index is 12.7. The maximum Gasteiger partial charge on any atom is 0.367 e. The van der Waals surface area contributed by atoms with Gasteiger partial charge in [-0.15, -0.1) is 5.10 Å². The second-order valence-electron chi connectivity index (χ2n) is 2.45. The van der Waals surface area contributed by atoms with E-state index in [1.54, 1.807) is 0 Å². The third kappa shape index (κ3) is 2.19. The monoisotopic (exact) mass is 193 g/mol. The van der Waals surface area contributed by atoms with Crippen molar-refractivity contribution in [3.05, 3.63) is 11.9 Å². The molecule has 1 aromatic rings. The van der Waals surface area contributed by atoms with Crippen LogP contribution in [0.25, 0.3) is 0 Å². The lowest BCUT2D eigenvalue weighted by Crippen LogP contribution is -2.27. The van der Waals surface area contributed by atoms with Crippen LogP contribution in [-0.2, 0) is 12.5 Å². The molecule has 1 aromatic heterocycles. The van der Waals surface area contributed by atoms with Crippen LogP contribution in [0.15, 0.2) is 6.20 Å². The zero-order chi connectivity index (χ0) is 9.90. The van der Waals surface area contributed by atoms with Crippen LogP contribution < -0.4 is 0 Å². The summed E-state index contributed by atoms with van der Waals surface area (Å²) in [6.07, 6.45) is 1.16. The summed E-state index contributed by atoms with van der Waals surface area (Å²) in [6.45, 7) is -1.50. The number of alkyl halides is 2. The van der Waals surface area contributed by atoms with Crippen molar-refractivity contribution in [1.29, 1.82) is 0 Å². The van der Waals surface area contributed by atoms with Gasteiger partial charge >= 0.3 is 6.05 Å². The van der Waals surface area contributed by atoms with Gasteiger partial charge < -0.3 is 10.2 Å². The van der Waals surface area contributed by atoms with E-state index in [1.807, 2.05) is 0 Å². The lowest BCUT2D eigenvalue weighted by Gasteiger charge is -2.11. The number of rotatable bonds is 4. The zero-order valence-corrected chi connectivity index (χ0v) is 6.69. The first-order valence-electron chi connectivity index (χ1n) is 3.61. The molecule has 1 heterocycles. The second-order valence-corrected chi connectivity index (χ2v) is 2.45. The SMILES string of the molecule is OCCc1cn(C(F)(F)CO)nn1. The van der Waals surface area contributed by atoms with Gasteiger partial charge in [0, 0.05) is 13.0 Å². The minimum Gasteiger partial charge on any atom is -0.396 e. The molecule has 0 saturated carbocycles. The van der Waals surface area contributed by atoms with Crippen LogP contribution in [0, 0.1) is 0 Å². The molecule has 7 heteroatoms. The van der Waals surface area contributed by atoms with E-state index in [0.717, 1.165) is 6.20 Å². The third-order valence-corrected chi connectivity index (χ3v) is 1.43. The number of halogens is 2. The van der Waals surface area contributed by atoms with E-state index in [-0.39, 0.29) is 23.4 Å². The number of hydrogen-bond donors (Lipinski definition) is 2. The van der Waals surface area contributed by atoms with Crippen molar-refractivity contribution < 1.29 is 19.0 Å². The quantitative estimate of drug-likeness (QED) is 0.666. The van der Waals surface area contributed by atoms with Crippen LogP contribution in [0.4, 0.5) is 8.78 Å². The summed E-state index contributed by atoms with van der Waals surface area (Å²) in [4.78, 5) is 0. The molecule has 0 spiro atoms. The molecule has 0 saturated heterocycles. The predicted octanol–water partition coefficient (Wildman–Crippen LogP) is -0.646. The van der Waals surface area contributed by atoms with Crippen molar-refractivity contribution in [2.24, 2.45) is 0 Å². The summed E-state index contributed by atoms with van der Waals surface area (Å²) in [7, 11) is 0. The molecule has 0 atom stereocenters. The first kappa shape index (κ1) is 10.0. The minimum atomic E-state index is -3.43. The predicted molar refractivity (Wildman–Crippen MR) is 38.1 cm³/mol. The smallest absolute Gasteiger partial charge is 0.367 e. The molecule has 0 aliphatic rings. The van der Waals surface area contributed by atoms with E-state index in [0.29, 0.717) is 0 Å². The van der Waals surface area contributed by atoms with Crippen LogP contribution in [0.2, 0.25) is 0 Å². The highest BCUT2D eigenvalue weighted by Gasteiger charge is 2.31. The van der Waals surface area contributed by atoms with Gasteiger partial charge in [-0.25, -0.2) is 0 Å². The summed E-state index contributed by atoms with van der Waals surface area (Å²) in [5.41, 5.74) is 0.260. The topological polar surface area (TPSA) is 71.2 Å². The van der Waals surface area contributed by atoms with E-state index in [9.17, 15) is 8.78 Å². The van der Waals surface area contributed by atoms with Crippen molar-refractivity contribution in [3.8, 4) is 0 Å². The van der Waals surface area contributed by atoms with Crippen LogP contribution in [-0.4, -0.2) is 38.4 Å². The summed E-state index contributed by atoms with van der Waals surface area (Å²) < 4.78 is 25.6. The standard InChI is InChI=1S/C6H9F2N3O2/c7-6(8,4-13)11-3-5(1-2-12)9-10-11/h3,12-13H,1-2,4H2. The van der Waals surface area contributed by atoms with Crippen molar-refractivity contribution in [1.82, 2.24) is 15.0 Å². The molecule has 0 bridgehead atoms. The lowest BCUT2D eigenvalue weighted by atomic mass is 10.3. The Labute approximate surface area is 72.6 Å². The largest absolute Gasteiger partial charge is 0.396 e. The molecule has 0 radical (unpaired) electrons. The van der Waals surface area contributed by atoms with Gasteiger partial charge in [0.2, 0.25) is 0 Å². The number of aliphatic hydroxyl groups excluding tert-OH is 2. The van der Waals surface area contributed by atoms with Crippen LogP contribution in [0.1, 0.15) is 5.69 Å². The summed E-state index contributed by atoms with van der Waals surface area (Å²) in [5.74, 6) is 0. The Kier molecular flexibility index (Phi) is 2.89. The number of hydrogen-bond acceptors (Lipinski definition) is 4. The average Bonchev–Trinajstić information content (AvgIpc) is 2.54. The molecule has 0 aliphatic carbocycles. The van der Waals surface area contributed by atoms with Gasteiger partial charge in [-0.05, 0) is 0 Å². The van der Waals surface area contributed by atoms with Crippen LogP contribution in [0.3, 0.4) is 0 Å². The van der Waals surface area contributed by atoms with Crippen LogP contribution >= 0.6 is 0 Å². The highest BCUT2D eigenvalue weighted by atomic mass is 19.3. The Morgan fingerprint density at radius 2 is 2.15 bits per heavy atom. The Morgan fingerprint density at radius 1 is 1.46 bits per heavy atom. The molecule has 74 valence electrons. The summed E-state index contributed by atoms with van der Waals surface area (Å²) in [5, 5.41) is 23.3. The molecule has 0 amide bonds. The fourth-order valence-electron chi connectivity index (χ4n) is 0.760. The maximum atomic E-state index is 12.7. The first-order valence-corrected chi connectivity index (χ1v) is 3.61. The van der Waals surface area contributed by atoms with E-state index < -0.39 is 12.7 Å². The van der Waals surface area contributed by atoms with Gasteiger partial charge in [-0.2, -0.15) is 13.5 Å². The molecule has 5 nitrogen and oxygen atoms in total. The molecular weight excluding hydrogens is 184 g/mol. The Morgan fingerprint density at radius 3 is 2.69 bits per heavy atom. The fraction of sp³-hybridized carbons (Fsp3) is 0.667. The van der Waals surface area contributed by atoms with Gasteiger partial charge in [-0.1, -0.05) is 5.21 Å². The van der Waals surface area contributed by atoms with Crippen LogP contribution in [0.5, 0.6) is 0 Å². The highest BCUT2D eigenvalue weighted by molar-refractivity contribution is 4.93. The van der Waals surface area contributed by atoms with E-state index >= 15 is 0 Å². The molecule has 0 aliphatic heterocycles. The number of aromatic nitrogens is 3. The van der Waals surface area contributed by atoms with Gasteiger partial charge in [0.1, 0.15) is 6.61 Å². The van der Waals surface area contributed by atoms with Crippen molar-refractivity contribution in [2.45, 2.75) is 12.5 Å². The van der Waals surface area contributed by atoms with Gasteiger partial charge in [0.15, 0.2) is 0 Å². The normalized spacial score (nSPS) is 12.0. The number of aliphatic hydroxyl groups is 2.